The van der Waals surface area contributed by atoms with Crippen LogP contribution in [0.4, 0.5) is 0 Å². The number of hydrogen-bond acceptors (Lipinski definition) is 1. The summed E-state index contributed by atoms with van der Waals surface area (Å²) in [5.41, 5.74) is 0.738. The first kappa shape index (κ1) is 11.7. The van der Waals surface area contributed by atoms with Crippen LogP contribution in [-0.2, 0) is 6.54 Å². The second-order valence-electron chi connectivity index (χ2n) is 4.43. The van der Waals surface area contributed by atoms with E-state index in [1.54, 1.807) is 0 Å². The fourth-order valence-electron chi connectivity index (χ4n) is 1.92. The van der Waals surface area contributed by atoms with Crippen LogP contribution in [0.15, 0.2) is 16.7 Å². The summed E-state index contributed by atoms with van der Waals surface area (Å²) in [6.07, 6.45) is 4.44. The third kappa shape index (κ3) is 2.48. The van der Waals surface area contributed by atoms with Gasteiger partial charge in [-0.05, 0) is 54.6 Å². The number of aromatic nitrogens is 1. The lowest BCUT2D eigenvalue weighted by Gasteiger charge is -2.13. The van der Waals surface area contributed by atoms with E-state index in [1.165, 1.54) is 12.8 Å². The summed E-state index contributed by atoms with van der Waals surface area (Å²) >= 11 is 3.40. The molecule has 0 radical (unpaired) electrons. The number of carbonyl (C=O) groups is 1. The Balaban J connectivity index is 2.06. The summed E-state index contributed by atoms with van der Waals surface area (Å²) in [6, 6.07) is 2.17. The number of carbonyl (C=O) groups excluding carboxylic acids is 1. The molecule has 2 rings (SSSR count). The molecule has 1 aromatic rings. The van der Waals surface area contributed by atoms with Gasteiger partial charge in [-0.3, -0.25) is 4.79 Å². The van der Waals surface area contributed by atoms with Crippen LogP contribution in [0.2, 0.25) is 0 Å². The minimum atomic E-state index is 0.0342. The monoisotopic (exact) mass is 284 g/mol. The van der Waals surface area contributed by atoms with E-state index in [0.29, 0.717) is 12.0 Å². The molecule has 0 aliphatic heterocycles. The number of nitrogens with one attached hydrogen (secondary N) is 1. The lowest BCUT2D eigenvalue weighted by atomic mass is 10.2. The maximum Gasteiger partial charge on any atom is 0.268 e. The average molecular weight is 285 g/mol. The summed E-state index contributed by atoms with van der Waals surface area (Å²) in [5.74, 6) is 0.726. The molecule has 1 N–H and O–H groups in total. The van der Waals surface area contributed by atoms with Crippen molar-refractivity contribution in [2.45, 2.75) is 39.3 Å². The van der Waals surface area contributed by atoms with Crippen molar-refractivity contribution in [1.82, 2.24) is 9.88 Å². The van der Waals surface area contributed by atoms with Crippen LogP contribution >= 0.6 is 15.9 Å². The van der Waals surface area contributed by atoms with Gasteiger partial charge in [0.2, 0.25) is 0 Å². The quantitative estimate of drug-likeness (QED) is 0.907. The standard InChI is InChI=1S/C12H17BrN2O/c1-3-15-7-10(13)6-11(15)12(16)14-8(2)9-4-5-9/h6-9H,3-5H2,1-2H3,(H,14,16). The molecule has 16 heavy (non-hydrogen) atoms. The van der Waals surface area contributed by atoms with Gasteiger partial charge in [0.25, 0.3) is 5.91 Å². The molecule has 0 spiro atoms. The average Bonchev–Trinajstić information content (AvgIpc) is 3.01. The number of aryl methyl sites for hydroxylation is 1. The molecule has 0 saturated heterocycles. The van der Waals surface area contributed by atoms with Crippen molar-refractivity contribution in [3.63, 3.8) is 0 Å². The molecule has 88 valence electrons. The second kappa shape index (κ2) is 4.62. The topological polar surface area (TPSA) is 34.0 Å². The van der Waals surface area contributed by atoms with Gasteiger partial charge in [-0.15, -0.1) is 0 Å². The Morgan fingerprint density at radius 2 is 2.38 bits per heavy atom. The van der Waals surface area contributed by atoms with Crippen molar-refractivity contribution >= 4 is 21.8 Å². The van der Waals surface area contributed by atoms with E-state index in [4.69, 9.17) is 0 Å². The van der Waals surface area contributed by atoms with Crippen molar-refractivity contribution < 1.29 is 4.79 Å². The van der Waals surface area contributed by atoms with Crippen LogP contribution in [0.1, 0.15) is 37.2 Å². The van der Waals surface area contributed by atoms with Crippen molar-refractivity contribution in [2.24, 2.45) is 5.92 Å². The van der Waals surface area contributed by atoms with Gasteiger partial charge in [0.1, 0.15) is 5.69 Å². The molecule has 1 heterocycles. The van der Waals surface area contributed by atoms with E-state index >= 15 is 0 Å². The molecule has 1 fully saturated rings. The molecule has 1 aromatic heterocycles. The highest BCUT2D eigenvalue weighted by Gasteiger charge is 2.29. The third-order valence-corrected chi connectivity index (χ3v) is 3.56. The Labute approximate surface area is 104 Å². The molecule has 1 aliphatic carbocycles. The summed E-state index contributed by atoms with van der Waals surface area (Å²) < 4.78 is 2.91. The number of hydrogen-bond donors (Lipinski definition) is 1. The summed E-state index contributed by atoms with van der Waals surface area (Å²) in [4.78, 5) is 12.0. The lowest BCUT2D eigenvalue weighted by molar-refractivity contribution is 0.0926. The molecule has 1 amide bonds. The molecule has 3 nitrogen and oxygen atoms in total. The van der Waals surface area contributed by atoms with Crippen molar-refractivity contribution in [2.75, 3.05) is 0 Å². The maximum absolute atomic E-state index is 12.0. The largest absolute Gasteiger partial charge is 0.348 e. The normalized spacial score (nSPS) is 17.2. The zero-order valence-corrected chi connectivity index (χ0v) is 11.3. The Morgan fingerprint density at radius 3 is 2.94 bits per heavy atom. The summed E-state index contributed by atoms with van der Waals surface area (Å²) in [6.45, 7) is 4.93. The third-order valence-electron chi connectivity index (χ3n) is 3.12. The Kier molecular flexibility index (Phi) is 3.38. The van der Waals surface area contributed by atoms with Gasteiger partial charge in [0, 0.05) is 23.3 Å². The molecule has 1 atom stereocenters. The molecule has 1 aliphatic rings. The van der Waals surface area contributed by atoms with Gasteiger partial charge >= 0.3 is 0 Å². The van der Waals surface area contributed by atoms with Crippen LogP contribution in [0.25, 0.3) is 0 Å². The maximum atomic E-state index is 12.0. The van der Waals surface area contributed by atoms with Crippen LogP contribution in [0, 0.1) is 5.92 Å². The van der Waals surface area contributed by atoms with Crippen molar-refractivity contribution in [1.29, 1.82) is 0 Å². The first-order valence-electron chi connectivity index (χ1n) is 5.78. The molecule has 1 unspecified atom stereocenters. The van der Waals surface area contributed by atoms with Crippen molar-refractivity contribution in [3.05, 3.63) is 22.4 Å². The minimum absolute atomic E-state index is 0.0342. The van der Waals surface area contributed by atoms with E-state index in [-0.39, 0.29) is 5.91 Å². The number of halogens is 1. The first-order chi connectivity index (χ1) is 7.61. The summed E-state index contributed by atoms with van der Waals surface area (Å²) in [5, 5.41) is 3.07. The van der Waals surface area contributed by atoms with Crippen LogP contribution in [-0.4, -0.2) is 16.5 Å². The minimum Gasteiger partial charge on any atom is -0.348 e. The highest BCUT2D eigenvalue weighted by Crippen LogP contribution is 2.32. The fourth-order valence-corrected chi connectivity index (χ4v) is 2.39. The van der Waals surface area contributed by atoms with Gasteiger partial charge in [0.05, 0.1) is 0 Å². The predicted molar refractivity (Wildman–Crippen MR) is 67.5 cm³/mol. The highest BCUT2D eigenvalue weighted by atomic mass is 79.9. The van der Waals surface area contributed by atoms with Gasteiger partial charge in [0.15, 0.2) is 0 Å². The SMILES string of the molecule is CCn1cc(Br)cc1C(=O)NC(C)C1CC1. The number of amides is 1. The molecule has 4 heteroatoms. The Bertz CT molecular complexity index is 396. The van der Waals surface area contributed by atoms with Gasteiger partial charge in [-0.25, -0.2) is 0 Å². The molecule has 1 saturated carbocycles. The number of nitrogens with zero attached hydrogens (tertiary/aromatic N) is 1. The van der Waals surface area contributed by atoms with E-state index < -0.39 is 0 Å². The number of rotatable bonds is 4. The second-order valence-corrected chi connectivity index (χ2v) is 5.34. The predicted octanol–water partition coefficient (Wildman–Crippen LogP) is 2.80. The van der Waals surface area contributed by atoms with E-state index in [0.717, 1.165) is 16.7 Å². The molecule has 0 aromatic carbocycles. The molecule has 0 bridgehead atoms. The molecular formula is C12H17BrN2O. The van der Waals surface area contributed by atoms with Crippen LogP contribution in [0.5, 0.6) is 0 Å². The fraction of sp³-hybridized carbons (Fsp3) is 0.583. The zero-order chi connectivity index (χ0) is 11.7. The Morgan fingerprint density at radius 1 is 1.69 bits per heavy atom. The lowest BCUT2D eigenvalue weighted by Crippen LogP contribution is -2.35. The van der Waals surface area contributed by atoms with E-state index in [2.05, 4.69) is 28.2 Å². The van der Waals surface area contributed by atoms with Gasteiger partial charge in [-0.2, -0.15) is 0 Å². The zero-order valence-electron chi connectivity index (χ0n) is 9.66. The summed E-state index contributed by atoms with van der Waals surface area (Å²) in [7, 11) is 0. The van der Waals surface area contributed by atoms with Crippen LogP contribution in [0.3, 0.4) is 0 Å². The Hall–Kier alpha value is -0.770. The van der Waals surface area contributed by atoms with Gasteiger partial charge < -0.3 is 9.88 Å². The smallest absolute Gasteiger partial charge is 0.268 e. The van der Waals surface area contributed by atoms with E-state index in [1.807, 2.05) is 23.8 Å². The van der Waals surface area contributed by atoms with Crippen LogP contribution < -0.4 is 5.32 Å². The van der Waals surface area contributed by atoms with E-state index in [9.17, 15) is 4.79 Å². The highest BCUT2D eigenvalue weighted by molar-refractivity contribution is 9.10. The van der Waals surface area contributed by atoms with Crippen molar-refractivity contribution in [3.8, 4) is 0 Å². The molecular weight excluding hydrogens is 268 g/mol. The first-order valence-corrected chi connectivity index (χ1v) is 6.57. The van der Waals surface area contributed by atoms with Gasteiger partial charge in [-0.1, -0.05) is 0 Å².